The predicted octanol–water partition coefficient (Wildman–Crippen LogP) is 1.86. The standard InChI is InChI=1S/C7H10O2.C6H8O2/c1-5(2)6-3-4-9-7(6)8;1-2-5-3-4-8-6(5)7/h6H,1,3-4H2,2H3;2,5H,1,3-4H2. The smallest absolute Gasteiger partial charge is 0.313 e. The van der Waals surface area contributed by atoms with Crippen LogP contribution in [0.1, 0.15) is 19.8 Å². The normalized spacial score (nSPS) is 26.6. The van der Waals surface area contributed by atoms with Crippen LogP contribution in [0.2, 0.25) is 0 Å². The van der Waals surface area contributed by atoms with Crippen LogP contribution < -0.4 is 0 Å². The first kappa shape index (κ1) is 13.5. The molecule has 0 saturated carbocycles. The number of ether oxygens (including phenoxy) is 2. The third-order valence-corrected chi connectivity index (χ3v) is 2.79. The van der Waals surface area contributed by atoms with E-state index in [0.717, 1.165) is 18.4 Å². The number of hydrogen-bond acceptors (Lipinski definition) is 4. The lowest BCUT2D eigenvalue weighted by molar-refractivity contribution is -0.141. The Bertz CT molecular complexity index is 332. The van der Waals surface area contributed by atoms with E-state index in [1.165, 1.54) is 0 Å². The summed E-state index contributed by atoms with van der Waals surface area (Å²) in [6, 6.07) is 0. The van der Waals surface area contributed by atoms with Crippen LogP contribution in [0.25, 0.3) is 0 Å². The fourth-order valence-corrected chi connectivity index (χ4v) is 1.67. The topological polar surface area (TPSA) is 52.6 Å². The second-order valence-electron chi connectivity index (χ2n) is 4.15. The van der Waals surface area contributed by atoms with Gasteiger partial charge in [-0.1, -0.05) is 18.2 Å². The van der Waals surface area contributed by atoms with E-state index in [0.29, 0.717) is 13.2 Å². The summed E-state index contributed by atoms with van der Waals surface area (Å²) in [5, 5.41) is 0. The second-order valence-corrected chi connectivity index (χ2v) is 4.15. The first-order chi connectivity index (χ1) is 8.06. The van der Waals surface area contributed by atoms with Crippen molar-refractivity contribution in [2.24, 2.45) is 11.8 Å². The molecular weight excluding hydrogens is 220 g/mol. The van der Waals surface area contributed by atoms with Crippen LogP contribution in [0.4, 0.5) is 0 Å². The molecule has 2 saturated heterocycles. The molecule has 2 rings (SSSR count). The minimum atomic E-state index is -0.125. The zero-order chi connectivity index (χ0) is 12.8. The second kappa shape index (κ2) is 6.23. The molecule has 2 unspecified atom stereocenters. The van der Waals surface area contributed by atoms with Gasteiger partial charge in [0.25, 0.3) is 0 Å². The van der Waals surface area contributed by atoms with E-state index in [1.807, 2.05) is 6.92 Å². The van der Waals surface area contributed by atoms with E-state index in [-0.39, 0.29) is 23.8 Å². The largest absolute Gasteiger partial charge is 0.465 e. The van der Waals surface area contributed by atoms with Gasteiger partial charge in [-0.05, 0) is 19.8 Å². The van der Waals surface area contributed by atoms with Gasteiger partial charge in [0, 0.05) is 0 Å². The maximum atomic E-state index is 10.7. The van der Waals surface area contributed by atoms with E-state index in [2.05, 4.69) is 17.9 Å². The Labute approximate surface area is 101 Å². The van der Waals surface area contributed by atoms with Crippen molar-refractivity contribution in [3.63, 3.8) is 0 Å². The highest BCUT2D eigenvalue weighted by Gasteiger charge is 2.26. The summed E-state index contributed by atoms with van der Waals surface area (Å²) in [5.74, 6) is -0.289. The van der Waals surface area contributed by atoms with E-state index in [9.17, 15) is 9.59 Å². The summed E-state index contributed by atoms with van der Waals surface area (Å²) in [6.45, 7) is 10.2. The monoisotopic (exact) mass is 238 g/mol. The molecule has 17 heavy (non-hydrogen) atoms. The molecule has 0 amide bonds. The molecule has 0 aromatic rings. The molecule has 0 aromatic carbocycles. The molecule has 0 aliphatic carbocycles. The molecular formula is C13H18O4. The van der Waals surface area contributed by atoms with Gasteiger partial charge in [0.05, 0.1) is 25.0 Å². The summed E-state index contributed by atoms with van der Waals surface area (Å²) in [7, 11) is 0. The lowest BCUT2D eigenvalue weighted by Gasteiger charge is -2.00. The van der Waals surface area contributed by atoms with Crippen LogP contribution in [0.3, 0.4) is 0 Å². The summed E-state index contributed by atoms with van der Waals surface area (Å²) < 4.78 is 9.37. The van der Waals surface area contributed by atoms with E-state index in [4.69, 9.17) is 4.74 Å². The molecule has 94 valence electrons. The Kier molecular flexibility index (Phi) is 4.94. The van der Waals surface area contributed by atoms with Crippen LogP contribution in [0, 0.1) is 11.8 Å². The Hall–Kier alpha value is -1.58. The van der Waals surface area contributed by atoms with Gasteiger partial charge in [0.1, 0.15) is 0 Å². The van der Waals surface area contributed by atoms with Gasteiger partial charge in [-0.3, -0.25) is 9.59 Å². The minimum absolute atomic E-state index is 0.0231. The van der Waals surface area contributed by atoms with Gasteiger partial charge in [0.2, 0.25) is 0 Å². The Morgan fingerprint density at radius 3 is 2.06 bits per heavy atom. The number of esters is 2. The summed E-state index contributed by atoms with van der Waals surface area (Å²) in [6.07, 6.45) is 3.26. The van der Waals surface area contributed by atoms with Crippen molar-refractivity contribution in [2.45, 2.75) is 19.8 Å². The highest BCUT2D eigenvalue weighted by Crippen LogP contribution is 2.20. The van der Waals surface area contributed by atoms with Crippen molar-refractivity contribution in [3.05, 3.63) is 24.8 Å². The van der Waals surface area contributed by atoms with Crippen molar-refractivity contribution in [1.29, 1.82) is 0 Å². The van der Waals surface area contributed by atoms with Crippen LogP contribution in [-0.2, 0) is 19.1 Å². The number of carbonyl (C=O) groups is 2. The molecule has 0 N–H and O–H groups in total. The zero-order valence-corrected chi connectivity index (χ0v) is 10.1. The van der Waals surface area contributed by atoms with Gasteiger partial charge in [-0.25, -0.2) is 0 Å². The first-order valence-corrected chi connectivity index (χ1v) is 5.67. The zero-order valence-electron chi connectivity index (χ0n) is 10.1. The average Bonchev–Trinajstić information content (AvgIpc) is 2.87. The summed E-state index contributed by atoms with van der Waals surface area (Å²) in [4.78, 5) is 21.2. The van der Waals surface area contributed by atoms with Gasteiger partial charge in [-0.15, -0.1) is 6.58 Å². The fourth-order valence-electron chi connectivity index (χ4n) is 1.67. The fraction of sp³-hybridized carbons (Fsp3) is 0.538. The third-order valence-electron chi connectivity index (χ3n) is 2.79. The number of rotatable bonds is 2. The first-order valence-electron chi connectivity index (χ1n) is 5.67. The summed E-state index contributed by atoms with van der Waals surface area (Å²) in [5.41, 5.74) is 0.914. The van der Waals surface area contributed by atoms with Crippen molar-refractivity contribution in [2.75, 3.05) is 13.2 Å². The lowest BCUT2D eigenvalue weighted by Crippen LogP contribution is -2.07. The van der Waals surface area contributed by atoms with Gasteiger partial charge in [0.15, 0.2) is 0 Å². The minimum Gasteiger partial charge on any atom is -0.465 e. The number of hydrogen-bond donors (Lipinski definition) is 0. The third kappa shape index (κ3) is 3.73. The van der Waals surface area contributed by atoms with Crippen molar-refractivity contribution < 1.29 is 19.1 Å². The number of carbonyl (C=O) groups excluding carboxylic acids is 2. The SMILES string of the molecule is C=C(C)C1CCOC1=O.C=CC1CCOC1=O. The average molecular weight is 238 g/mol. The van der Waals surface area contributed by atoms with Gasteiger partial charge >= 0.3 is 11.9 Å². The molecule has 2 heterocycles. The van der Waals surface area contributed by atoms with Gasteiger partial charge in [-0.2, -0.15) is 0 Å². The molecule has 0 bridgehead atoms. The lowest BCUT2D eigenvalue weighted by atomic mass is 10.0. The molecule has 2 atom stereocenters. The molecule has 4 nitrogen and oxygen atoms in total. The van der Waals surface area contributed by atoms with Crippen LogP contribution in [0.5, 0.6) is 0 Å². The van der Waals surface area contributed by atoms with Crippen LogP contribution in [-0.4, -0.2) is 25.2 Å². The Balaban J connectivity index is 0.000000171. The number of cyclic esters (lactones) is 2. The molecule has 0 aromatic heterocycles. The highest BCUT2D eigenvalue weighted by atomic mass is 16.5. The maximum absolute atomic E-state index is 10.7. The maximum Gasteiger partial charge on any atom is 0.313 e. The van der Waals surface area contributed by atoms with Crippen molar-refractivity contribution in [1.82, 2.24) is 0 Å². The van der Waals surface area contributed by atoms with Crippen LogP contribution >= 0.6 is 0 Å². The predicted molar refractivity (Wildman–Crippen MR) is 63.1 cm³/mol. The summed E-state index contributed by atoms with van der Waals surface area (Å²) >= 11 is 0. The van der Waals surface area contributed by atoms with Crippen LogP contribution in [0.15, 0.2) is 24.8 Å². The van der Waals surface area contributed by atoms with E-state index < -0.39 is 0 Å². The van der Waals surface area contributed by atoms with Crippen molar-refractivity contribution >= 4 is 11.9 Å². The van der Waals surface area contributed by atoms with Gasteiger partial charge < -0.3 is 9.47 Å². The molecule has 0 radical (unpaired) electrons. The quantitative estimate of drug-likeness (QED) is 0.544. The Morgan fingerprint density at radius 1 is 1.24 bits per heavy atom. The molecule has 0 spiro atoms. The molecule has 2 aliphatic heterocycles. The molecule has 2 aliphatic rings. The van der Waals surface area contributed by atoms with E-state index in [1.54, 1.807) is 6.08 Å². The Morgan fingerprint density at radius 2 is 1.82 bits per heavy atom. The highest BCUT2D eigenvalue weighted by molar-refractivity contribution is 5.77. The molecule has 2 fully saturated rings. The van der Waals surface area contributed by atoms with Crippen molar-refractivity contribution in [3.8, 4) is 0 Å². The molecule has 4 heteroatoms. The van der Waals surface area contributed by atoms with E-state index >= 15 is 0 Å².